The van der Waals surface area contributed by atoms with Crippen molar-refractivity contribution in [1.29, 1.82) is 0 Å². The summed E-state index contributed by atoms with van der Waals surface area (Å²) >= 11 is 0. The van der Waals surface area contributed by atoms with Crippen molar-refractivity contribution in [3.8, 4) is 11.5 Å². The molecule has 128 valence electrons. The summed E-state index contributed by atoms with van der Waals surface area (Å²) in [5.74, 6) is 1.42. The van der Waals surface area contributed by atoms with E-state index in [1.807, 2.05) is 45.0 Å². The second kappa shape index (κ2) is 6.23. The first kappa shape index (κ1) is 16.4. The molecule has 5 nitrogen and oxygen atoms in total. The maximum Gasteiger partial charge on any atom is 0.253 e. The van der Waals surface area contributed by atoms with E-state index in [-0.39, 0.29) is 18.7 Å². The number of aryl methyl sites for hydroxylation is 1. The zero-order valence-electron chi connectivity index (χ0n) is 14.8. The Bertz CT molecular complexity index is 777. The lowest BCUT2D eigenvalue weighted by molar-refractivity contribution is 0.0939. The number of ether oxygens (including phenoxy) is 2. The van der Waals surface area contributed by atoms with Gasteiger partial charge in [-0.15, -0.1) is 0 Å². The van der Waals surface area contributed by atoms with Crippen LogP contribution in [0.25, 0.3) is 0 Å². The normalized spacial score (nSPS) is 14.1. The Morgan fingerprint density at radius 1 is 1.12 bits per heavy atom. The van der Waals surface area contributed by atoms with Gasteiger partial charge in [0.05, 0.1) is 11.6 Å². The third kappa shape index (κ3) is 2.86. The molecule has 1 atom stereocenters. The number of amides is 1. The van der Waals surface area contributed by atoms with E-state index in [4.69, 9.17) is 9.47 Å². The number of carbonyl (C=O) groups excluding carboxylic acids is 1. The molecule has 1 aromatic carbocycles. The molecular formula is C19H24N2O3. The van der Waals surface area contributed by atoms with Crippen LogP contribution in [0.2, 0.25) is 0 Å². The Morgan fingerprint density at radius 2 is 1.83 bits per heavy atom. The number of nitrogens with zero attached hydrogens (tertiary/aromatic N) is 1. The first-order valence-corrected chi connectivity index (χ1v) is 8.27. The summed E-state index contributed by atoms with van der Waals surface area (Å²) in [5, 5.41) is 3.08. The number of nitrogens with one attached hydrogen (secondary N) is 1. The fourth-order valence-electron chi connectivity index (χ4n) is 3.34. The third-order valence-corrected chi connectivity index (χ3v) is 4.49. The van der Waals surface area contributed by atoms with Gasteiger partial charge in [-0.25, -0.2) is 0 Å². The molecule has 0 bridgehead atoms. The fraction of sp³-hybridized carbons (Fsp3) is 0.421. The molecule has 0 unspecified atom stereocenters. The minimum atomic E-state index is -0.117. The number of aromatic nitrogens is 1. The van der Waals surface area contributed by atoms with Gasteiger partial charge >= 0.3 is 0 Å². The van der Waals surface area contributed by atoms with Gasteiger partial charge in [-0.05, 0) is 58.4 Å². The van der Waals surface area contributed by atoms with Gasteiger partial charge in [0, 0.05) is 17.4 Å². The SMILES string of the molecule is Cc1cc(C(=O)N[C@H](C)c2ccc3c(c2)OCO3)c(C)n1C(C)C. The highest BCUT2D eigenvalue weighted by atomic mass is 16.7. The van der Waals surface area contributed by atoms with Gasteiger partial charge in [-0.1, -0.05) is 6.07 Å². The molecule has 0 saturated carbocycles. The third-order valence-electron chi connectivity index (χ3n) is 4.49. The van der Waals surface area contributed by atoms with Crippen molar-refractivity contribution in [3.63, 3.8) is 0 Å². The summed E-state index contributed by atoms with van der Waals surface area (Å²) in [6, 6.07) is 7.93. The minimum Gasteiger partial charge on any atom is -0.454 e. The first-order chi connectivity index (χ1) is 11.4. The van der Waals surface area contributed by atoms with Crippen molar-refractivity contribution in [2.75, 3.05) is 6.79 Å². The number of hydrogen-bond acceptors (Lipinski definition) is 3. The summed E-state index contributed by atoms with van der Waals surface area (Å²) in [6.45, 7) is 10.5. The Morgan fingerprint density at radius 3 is 2.50 bits per heavy atom. The van der Waals surface area contributed by atoms with E-state index in [0.29, 0.717) is 6.04 Å². The van der Waals surface area contributed by atoms with Crippen LogP contribution in [0.1, 0.15) is 60.2 Å². The van der Waals surface area contributed by atoms with E-state index in [9.17, 15) is 4.79 Å². The van der Waals surface area contributed by atoms with E-state index in [0.717, 1.165) is 34.0 Å². The Labute approximate surface area is 142 Å². The van der Waals surface area contributed by atoms with Crippen molar-refractivity contribution in [2.24, 2.45) is 0 Å². The molecule has 0 saturated heterocycles. The van der Waals surface area contributed by atoms with Crippen molar-refractivity contribution < 1.29 is 14.3 Å². The molecule has 1 amide bonds. The number of carbonyl (C=O) groups is 1. The van der Waals surface area contributed by atoms with Gasteiger partial charge in [0.1, 0.15) is 0 Å². The quantitative estimate of drug-likeness (QED) is 0.926. The molecule has 24 heavy (non-hydrogen) atoms. The summed E-state index contributed by atoms with van der Waals surface area (Å²) in [6.07, 6.45) is 0. The van der Waals surface area contributed by atoms with Gasteiger partial charge in [0.2, 0.25) is 6.79 Å². The van der Waals surface area contributed by atoms with Crippen LogP contribution in [0.3, 0.4) is 0 Å². The second-order valence-electron chi connectivity index (χ2n) is 6.56. The standard InChI is InChI=1S/C19H24N2O3/c1-11(2)21-12(3)8-16(14(21)5)19(22)20-13(4)15-6-7-17-18(9-15)24-10-23-17/h6-9,11,13H,10H2,1-5H3,(H,20,22)/t13-/m1/s1. The number of fused-ring (bicyclic) bond motifs is 1. The lowest BCUT2D eigenvalue weighted by Crippen LogP contribution is -2.27. The Balaban J connectivity index is 1.78. The molecule has 0 radical (unpaired) electrons. The molecule has 0 fully saturated rings. The summed E-state index contributed by atoms with van der Waals surface area (Å²) in [7, 11) is 0. The maximum atomic E-state index is 12.7. The topological polar surface area (TPSA) is 52.5 Å². The smallest absolute Gasteiger partial charge is 0.253 e. The highest BCUT2D eigenvalue weighted by molar-refractivity contribution is 5.96. The van der Waals surface area contributed by atoms with Crippen molar-refractivity contribution >= 4 is 5.91 Å². The molecule has 1 aliphatic rings. The molecule has 2 aromatic rings. The molecule has 1 N–H and O–H groups in total. The van der Waals surface area contributed by atoms with E-state index in [1.54, 1.807) is 0 Å². The predicted octanol–water partition coefficient (Wildman–Crippen LogP) is 3.91. The second-order valence-corrected chi connectivity index (χ2v) is 6.56. The van der Waals surface area contributed by atoms with Crippen molar-refractivity contribution in [1.82, 2.24) is 9.88 Å². The van der Waals surface area contributed by atoms with Crippen LogP contribution < -0.4 is 14.8 Å². The fourth-order valence-corrected chi connectivity index (χ4v) is 3.34. The van der Waals surface area contributed by atoms with Crippen LogP contribution in [-0.4, -0.2) is 17.3 Å². The van der Waals surface area contributed by atoms with Gasteiger partial charge in [0.15, 0.2) is 11.5 Å². The van der Waals surface area contributed by atoms with Gasteiger partial charge in [-0.2, -0.15) is 0 Å². The lowest BCUT2D eigenvalue weighted by Gasteiger charge is -2.16. The molecule has 2 heterocycles. The van der Waals surface area contributed by atoms with E-state index < -0.39 is 0 Å². The number of hydrogen-bond donors (Lipinski definition) is 1. The van der Waals surface area contributed by atoms with Gasteiger partial charge in [0.25, 0.3) is 5.91 Å². The summed E-state index contributed by atoms with van der Waals surface area (Å²) < 4.78 is 12.9. The first-order valence-electron chi connectivity index (χ1n) is 8.27. The minimum absolute atomic E-state index is 0.0554. The summed E-state index contributed by atoms with van der Waals surface area (Å²) in [5.41, 5.74) is 3.82. The largest absolute Gasteiger partial charge is 0.454 e. The Kier molecular flexibility index (Phi) is 4.26. The molecule has 3 rings (SSSR count). The molecule has 1 aromatic heterocycles. The van der Waals surface area contributed by atoms with E-state index in [1.165, 1.54) is 0 Å². The van der Waals surface area contributed by atoms with Crippen LogP contribution in [0.15, 0.2) is 24.3 Å². The van der Waals surface area contributed by atoms with Crippen LogP contribution in [0.5, 0.6) is 11.5 Å². The zero-order valence-corrected chi connectivity index (χ0v) is 14.8. The lowest BCUT2D eigenvalue weighted by atomic mass is 10.1. The Hall–Kier alpha value is -2.43. The van der Waals surface area contributed by atoms with Gasteiger partial charge < -0.3 is 19.4 Å². The van der Waals surface area contributed by atoms with Crippen LogP contribution in [0, 0.1) is 13.8 Å². The van der Waals surface area contributed by atoms with Crippen molar-refractivity contribution in [2.45, 2.75) is 46.7 Å². The van der Waals surface area contributed by atoms with Crippen LogP contribution >= 0.6 is 0 Å². The molecule has 5 heteroatoms. The summed E-state index contributed by atoms with van der Waals surface area (Å²) in [4.78, 5) is 12.7. The average molecular weight is 328 g/mol. The number of benzene rings is 1. The monoisotopic (exact) mass is 328 g/mol. The maximum absolute atomic E-state index is 12.7. The predicted molar refractivity (Wildman–Crippen MR) is 92.7 cm³/mol. The van der Waals surface area contributed by atoms with Crippen LogP contribution in [0.4, 0.5) is 0 Å². The highest BCUT2D eigenvalue weighted by Crippen LogP contribution is 2.34. The highest BCUT2D eigenvalue weighted by Gasteiger charge is 2.20. The molecule has 0 aliphatic carbocycles. The van der Waals surface area contributed by atoms with Crippen LogP contribution in [-0.2, 0) is 0 Å². The zero-order chi connectivity index (χ0) is 17.4. The van der Waals surface area contributed by atoms with E-state index in [2.05, 4.69) is 23.7 Å². The van der Waals surface area contributed by atoms with Crippen molar-refractivity contribution in [3.05, 3.63) is 46.8 Å². The molecule has 1 aliphatic heterocycles. The van der Waals surface area contributed by atoms with E-state index >= 15 is 0 Å². The molecule has 0 spiro atoms. The molecular weight excluding hydrogens is 304 g/mol. The van der Waals surface area contributed by atoms with Gasteiger partial charge in [-0.3, -0.25) is 4.79 Å². The number of rotatable bonds is 4. The average Bonchev–Trinajstić information content (AvgIpc) is 3.10.